The van der Waals surface area contributed by atoms with E-state index in [0.717, 1.165) is 44.2 Å². The van der Waals surface area contributed by atoms with Gasteiger partial charge in [-0.1, -0.05) is 19.0 Å². The lowest BCUT2D eigenvalue weighted by Gasteiger charge is -2.34. The second kappa shape index (κ2) is 6.63. The molecule has 7 heteroatoms. The molecule has 1 saturated carbocycles. The van der Waals surface area contributed by atoms with Crippen LogP contribution in [0.5, 0.6) is 0 Å². The third-order valence-corrected chi connectivity index (χ3v) is 5.06. The number of carbonyl (C=O) groups is 1. The van der Waals surface area contributed by atoms with Gasteiger partial charge in [-0.15, -0.1) is 0 Å². The first-order valence-electron chi connectivity index (χ1n) is 8.99. The Kier molecular flexibility index (Phi) is 4.33. The minimum absolute atomic E-state index is 0.0993. The summed E-state index contributed by atoms with van der Waals surface area (Å²) >= 11 is 0. The van der Waals surface area contributed by atoms with Crippen LogP contribution in [0.2, 0.25) is 0 Å². The van der Waals surface area contributed by atoms with Crippen LogP contribution in [0, 0.1) is 5.92 Å². The van der Waals surface area contributed by atoms with Crippen molar-refractivity contribution in [3.8, 4) is 0 Å². The predicted molar refractivity (Wildman–Crippen MR) is 89.8 cm³/mol. The molecule has 1 saturated heterocycles. The minimum Gasteiger partial charge on any atom is -0.469 e. The first-order valence-corrected chi connectivity index (χ1v) is 8.99. The van der Waals surface area contributed by atoms with Crippen molar-refractivity contribution in [3.05, 3.63) is 35.9 Å². The summed E-state index contributed by atoms with van der Waals surface area (Å²) in [6, 6.07) is 3.85. The molecule has 7 nitrogen and oxygen atoms in total. The van der Waals surface area contributed by atoms with Crippen molar-refractivity contribution in [2.24, 2.45) is 5.92 Å². The van der Waals surface area contributed by atoms with E-state index in [1.54, 1.807) is 6.26 Å². The lowest BCUT2D eigenvalue weighted by atomic mass is 10.2. The summed E-state index contributed by atoms with van der Waals surface area (Å²) in [5.41, 5.74) is 0. The lowest BCUT2D eigenvalue weighted by molar-refractivity contribution is -0.134. The van der Waals surface area contributed by atoms with Crippen molar-refractivity contribution in [3.63, 3.8) is 0 Å². The van der Waals surface area contributed by atoms with Gasteiger partial charge in [0.2, 0.25) is 11.8 Å². The Morgan fingerprint density at radius 3 is 2.76 bits per heavy atom. The van der Waals surface area contributed by atoms with Crippen LogP contribution in [0.4, 0.5) is 0 Å². The lowest BCUT2D eigenvalue weighted by Crippen LogP contribution is -2.48. The van der Waals surface area contributed by atoms with Gasteiger partial charge in [0.05, 0.1) is 12.8 Å². The van der Waals surface area contributed by atoms with E-state index in [9.17, 15) is 4.79 Å². The molecule has 1 aliphatic heterocycles. The summed E-state index contributed by atoms with van der Waals surface area (Å²) in [6.45, 7) is 7.93. The minimum atomic E-state index is 0.0993. The van der Waals surface area contributed by atoms with Crippen LogP contribution < -0.4 is 0 Å². The molecule has 2 aromatic heterocycles. The van der Waals surface area contributed by atoms with Gasteiger partial charge in [-0.3, -0.25) is 9.69 Å². The molecule has 25 heavy (non-hydrogen) atoms. The van der Waals surface area contributed by atoms with Gasteiger partial charge in [0.15, 0.2) is 5.82 Å². The monoisotopic (exact) mass is 344 g/mol. The van der Waals surface area contributed by atoms with Crippen molar-refractivity contribution in [2.75, 3.05) is 26.2 Å². The van der Waals surface area contributed by atoms with E-state index in [-0.39, 0.29) is 23.7 Å². The fraction of sp³-hybridized carbons (Fsp3) is 0.611. The Morgan fingerprint density at radius 1 is 1.32 bits per heavy atom. The number of carbonyl (C=O) groups excluding carboxylic acids is 1. The zero-order valence-electron chi connectivity index (χ0n) is 14.7. The highest BCUT2D eigenvalue weighted by molar-refractivity contribution is 5.83. The van der Waals surface area contributed by atoms with Crippen LogP contribution in [0.15, 0.2) is 27.3 Å². The average molecular weight is 344 g/mol. The molecule has 0 aromatic carbocycles. The molecule has 2 fully saturated rings. The van der Waals surface area contributed by atoms with Crippen LogP contribution in [-0.4, -0.2) is 52.0 Å². The SMILES string of the molecule is CC(C)c1noc(CN2CCN(C(=O)[C@H]3C[C@H]3c3ccco3)CC2)n1. The van der Waals surface area contributed by atoms with Gasteiger partial charge in [0.25, 0.3) is 0 Å². The predicted octanol–water partition coefficient (Wildman–Crippen LogP) is 2.23. The van der Waals surface area contributed by atoms with Gasteiger partial charge >= 0.3 is 0 Å². The smallest absolute Gasteiger partial charge is 0.240 e. The van der Waals surface area contributed by atoms with Crippen LogP contribution >= 0.6 is 0 Å². The van der Waals surface area contributed by atoms with E-state index in [1.807, 2.05) is 30.9 Å². The topological polar surface area (TPSA) is 75.6 Å². The Labute approximate surface area is 147 Å². The molecular weight excluding hydrogens is 320 g/mol. The van der Waals surface area contributed by atoms with Crippen LogP contribution in [0.25, 0.3) is 0 Å². The molecule has 0 N–H and O–H groups in total. The third-order valence-electron chi connectivity index (χ3n) is 5.06. The Bertz CT molecular complexity index is 717. The van der Waals surface area contributed by atoms with Crippen LogP contribution in [-0.2, 0) is 11.3 Å². The second-order valence-corrected chi connectivity index (χ2v) is 7.27. The maximum absolute atomic E-state index is 12.6. The van der Waals surface area contributed by atoms with Crippen molar-refractivity contribution in [1.82, 2.24) is 19.9 Å². The quantitative estimate of drug-likeness (QED) is 0.828. The number of nitrogens with zero attached hydrogens (tertiary/aromatic N) is 4. The van der Waals surface area contributed by atoms with E-state index < -0.39 is 0 Å². The standard InChI is InChI=1S/C18H24N4O3/c1-12(2)17-19-16(25-20-17)11-21-5-7-22(8-6-21)18(23)14-10-13(14)15-4-3-9-24-15/h3-4,9,12-14H,5-8,10-11H2,1-2H3/t13-,14+/m1/s1. The summed E-state index contributed by atoms with van der Waals surface area (Å²) in [5.74, 6) is 3.25. The van der Waals surface area contributed by atoms with Gasteiger partial charge in [-0.05, 0) is 18.6 Å². The number of furan rings is 1. The Balaban J connectivity index is 1.26. The number of rotatable bonds is 5. The first kappa shape index (κ1) is 16.3. The Hall–Kier alpha value is -2.15. The van der Waals surface area contributed by atoms with E-state index >= 15 is 0 Å². The van der Waals surface area contributed by atoms with Gasteiger partial charge in [0.1, 0.15) is 5.76 Å². The number of hydrogen-bond acceptors (Lipinski definition) is 6. The largest absolute Gasteiger partial charge is 0.469 e. The van der Waals surface area contributed by atoms with E-state index in [2.05, 4.69) is 15.0 Å². The van der Waals surface area contributed by atoms with Crippen LogP contribution in [0.3, 0.4) is 0 Å². The molecular formula is C18H24N4O3. The highest BCUT2D eigenvalue weighted by Crippen LogP contribution is 2.48. The zero-order valence-corrected chi connectivity index (χ0v) is 14.7. The highest BCUT2D eigenvalue weighted by atomic mass is 16.5. The molecule has 4 rings (SSSR count). The fourth-order valence-electron chi connectivity index (χ4n) is 3.40. The summed E-state index contributed by atoms with van der Waals surface area (Å²) in [7, 11) is 0. The molecule has 1 aliphatic carbocycles. The van der Waals surface area contributed by atoms with Crippen LogP contribution in [0.1, 0.15) is 49.6 Å². The molecule has 2 aromatic rings. The fourth-order valence-corrected chi connectivity index (χ4v) is 3.40. The van der Waals surface area contributed by atoms with E-state index in [1.165, 1.54) is 0 Å². The Morgan fingerprint density at radius 2 is 2.12 bits per heavy atom. The molecule has 2 atom stereocenters. The maximum atomic E-state index is 12.6. The van der Waals surface area contributed by atoms with Gasteiger partial charge in [-0.25, -0.2) is 0 Å². The number of hydrogen-bond donors (Lipinski definition) is 0. The molecule has 1 amide bonds. The highest BCUT2D eigenvalue weighted by Gasteiger charge is 2.47. The van der Waals surface area contributed by atoms with Crippen molar-refractivity contribution in [1.29, 1.82) is 0 Å². The second-order valence-electron chi connectivity index (χ2n) is 7.27. The molecule has 0 unspecified atom stereocenters. The number of amides is 1. The first-order chi connectivity index (χ1) is 12.1. The zero-order chi connectivity index (χ0) is 17.4. The van der Waals surface area contributed by atoms with Crippen molar-refractivity contribution >= 4 is 5.91 Å². The molecule has 3 heterocycles. The van der Waals surface area contributed by atoms with Gasteiger partial charge in [-0.2, -0.15) is 4.98 Å². The molecule has 0 bridgehead atoms. The summed E-state index contributed by atoms with van der Waals surface area (Å²) < 4.78 is 10.7. The average Bonchev–Trinajstić information content (AvgIpc) is 3.00. The number of aromatic nitrogens is 2. The third kappa shape index (κ3) is 3.46. The van der Waals surface area contributed by atoms with Crippen molar-refractivity contribution in [2.45, 2.75) is 38.6 Å². The molecule has 2 aliphatic rings. The summed E-state index contributed by atoms with van der Waals surface area (Å²) in [4.78, 5) is 21.3. The van der Waals surface area contributed by atoms with Gasteiger partial charge < -0.3 is 13.8 Å². The maximum Gasteiger partial charge on any atom is 0.240 e. The summed E-state index contributed by atoms with van der Waals surface area (Å²) in [6.07, 6.45) is 2.59. The molecule has 0 spiro atoms. The van der Waals surface area contributed by atoms with E-state index in [4.69, 9.17) is 8.94 Å². The van der Waals surface area contributed by atoms with Crippen molar-refractivity contribution < 1.29 is 13.7 Å². The van der Waals surface area contributed by atoms with E-state index in [0.29, 0.717) is 12.4 Å². The normalized spacial score (nSPS) is 24.0. The summed E-state index contributed by atoms with van der Waals surface area (Å²) in [5, 5.41) is 4.00. The molecule has 0 radical (unpaired) electrons. The molecule has 134 valence electrons. The number of piperazine rings is 1. The van der Waals surface area contributed by atoms with Gasteiger partial charge in [0, 0.05) is 43.9 Å².